The lowest BCUT2D eigenvalue weighted by atomic mass is 10.0. The van der Waals surface area contributed by atoms with Crippen LogP contribution in [0.5, 0.6) is 0 Å². The number of nitrogens with zero attached hydrogens (tertiary/aromatic N) is 1. The van der Waals surface area contributed by atoms with Crippen molar-refractivity contribution >= 4 is 5.91 Å². The lowest BCUT2D eigenvalue weighted by molar-refractivity contribution is 0.0816. The largest absolute Gasteiger partial charge is 0.385 e. The summed E-state index contributed by atoms with van der Waals surface area (Å²) in [6.07, 6.45) is 2.04. The van der Waals surface area contributed by atoms with Gasteiger partial charge in [0.05, 0.1) is 0 Å². The van der Waals surface area contributed by atoms with Gasteiger partial charge in [0.25, 0.3) is 5.91 Å². The van der Waals surface area contributed by atoms with E-state index in [9.17, 15) is 4.79 Å². The molecule has 2 rings (SSSR count). The van der Waals surface area contributed by atoms with E-state index >= 15 is 0 Å². The number of rotatable bonds is 4. The number of benzene rings is 1. The van der Waals surface area contributed by atoms with Crippen molar-refractivity contribution in [1.29, 1.82) is 0 Å². The highest BCUT2D eigenvalue weighted by Crippen LogP contribution is 2.22. The molecule has 0 saturated carbocycles. The minimum Gasteiger partial charge on any atom is -0.385 e. The molecule has 0 saturated heterocycles. The Bertz CT molecular complexity index is 401. The molecule has 0 radical (unpaired) electrons. The normalized spacial score (nSPS) is 14.4. The van der Waals surface area contributed by atoms with Crippen molar-refractivity contribution in [3.05, 3.63) is 34.9 Å². The van der Waals surface area contributed by atoms with Crippen molar-refractivity contribution in [2.75, 3.05) is 20.8 Å². The number of carbonyl (C=O) groups is 1. The highest BCUT2D eigenvalue weighted by molar-refractivity contribution is 5.98. The fourth-order valence-corrected chi connectivity index (χ4v) is 2.10. The number of ether oxygens (including phenoxy) is 1. The molecular formula is C13H17NO2. The van der Waals surface area contributed by atoms with Crippen LogP contribution in [0.25, 0.3) is 0 Å². The van der Waals surface area contributed by atoms with Crippen molar-refractivity contribution < 1.29 is 9.53 Å². The number of methoxy groups -OCH3 is 1. The zero-order valence-electron chi connectivity index (χ0n) is 9.82. The van der Waals surface area contributed by atoms with Crippen LogP contribution >= 0.6 is 0 Å². The zero-order valence-corrected chi connectivity index (χ0v) is 9.82. The van der Waals surface area contributed by atoms with Gasteiger partial charge in [0.15, 0.2) is 0 Å². The van der Waals surface area contributed by atoms with Gasteiger partial charge >= 0.3 is 0 Å². The standard InChI is InChI=1S/C13H17NO2/c1-14-9-11-8-10(4-3-7-16-2)5-6-12(11)13(14)15/h5-6,8H,3-4,7,9H2,1-2H3. The Kier molecular flexibility index (Phi) is 3.25. The van der Waals surface area contributed by atoms with Gasteiger partial charge in [-0.05, 0) is 30.0 Å². The molecule has 0 bridgehead atoms. The molecule has 1 aromatic rings. The van der Waals surface area contributed by atoms with Crippen molar-refractivity contribution in [3.8, 4) is 0 Å². The second kappa shape index (κ2) is 4.66. The summed E-state index contributed by atoms with van der Waals surface area (Å²) in [4.78, 5) is 13.4. The van der Waals surface area contributed by atoms with Gasteiger partial charge in [-0.15, -0.1) is 0 Å². The second-order valence-electron chi connectivity index (χ2n) is 4.25. The van der Waals surface area contributed by atoms with Gasteiger partial charge < -0.3 is 9.64 Å². The molecule has 0 aromatic heterocycles. The Morgan fingerprint density at radius 2 is 2.25 bits per heavy atom. The number of amides is 1. The van der Waals surface area contributed by atoms with Crippen LogP contribution in [-0.4, -0.2) is 31.6 Å². The molecule has 1 aliphatic heterocycles. The molecule has 16 heavy (non-hydrogen) atoms. The van der Waals surface area contributed by atoms with Gasteiger partial charge in [-0.2, -0.15) is 0 Å². The molecule has 0 aliphatic carbocycles. The highest BCUT2D eigenvalue weighted by atomic mass is 16.5. The average molecular weight is 219 g/mol. The number of aryl methyl sites for hydroxylation is 1. The lowest BCUT2D eigenvalue weighted by Crippen LogP contribution is -2.17. The van der Waals surface area contributed by atoms with Crippen molar-refractivity contribution in [2.24, 2.45) is 0 Å². The molecule has 0 atom stereocenters. The van der Waals surface area contributed by atoms with Crippen molar-refractivity contribution in [3.63, 3.8) is 0 Å². The first-order valence-corrected chi connectivity index (χ1v) is 5.58. The van der Waals surface area contributed by atoms with E-state index in [4.69, 9.17) is 4.74 Å². The van der Waals surface area contributed by atoms with E-state index in [1.807, 2.05) is 19.2 Å². The fourth-order valence-electron chi connectivity index (χ4n) is 2.10. The third-order valence-corrected chi connectivity index (χ3v) is 2.97. The van der Waals surface area contributed by atoms with Crippen LogP contribution in [-0.2, 0) is 17.7 Å². The molecular weight excluding hydrogens is 202 g/mol. The lowest BCUT2D eigenvalue weighted by Gasteiger charge is -2.04. The van der Waals surface area contributed by atoms with E-state index < -0.39 is 0 Å². The second-order valence-corrected chi connectivity index (χ2v) is 4.25. The van der Waals surface area contributed by atoms with E-state index in [1.165, 1.54) is 5.56 Å². The maximum absolute atomic E-state index is 11.7. The first-order chi connectivity index (χ1) is 7.72. The minimum absolute atomic E-state index is 0.137. The summed E-state index contributed by atoms with van der Waals surface area (Å²) in [6.45, 7) is 1.53. The highest BCUT2D eigenvalue weighted by Gasteiger charge is 2.23. The summed E-state index contributed by atoms with van der Waals surface area (Å²) in [5, 5.41) is 0. The van der Waals surface area contributed by atoms with E-state index in [1.54, 1.807) is 12.0 Å². The molecule has 0 unspecified atom stereocenters. The summed E-state index contributed by atoms with van der Waals surface area (Å²) in [5.41, 5.74) is 3.30. The van der Waals surface area contributed by atoms with Gasteiger partial charge in [-0.1, -0.05) is 12.1 Å². The van der Waals surface area contributed by atoms with Gasteiger partial charge in [-0.25, -0.2) is 0 Å². The maximum Gasteiger partial charge on any atom is 0.254 e. The van der Waals surface area contributed by atoms with Gasteiger partial charge in [0.1, 0.15) is 0 Å². The summed E-state index contributed by atoms with van der Waals surface area (Å²) >= 11 is 0. The molecule has 0 fully saturated rings. The van der Waals surface area contributed by atoms with E-state index in [2.05, 4.69) is 6.07 Å². The molecule has 3 heteroatoms. The monoisotopic (exact) mass is 219 g/mol. The minimum atomic E-state index is 0.137. The molecule has 0 spiro atoms. The summed E-state index contributed by atoms with van der Waals surface area (Å²) in [6, 6.07) is 6.14. The van der Waals surface area contributed by atoms with Crippen LogP contribution in [0.3, 0.4) is 0 Å². The Balaban J connectivity index is 2.10. The smallest absolute Gasteiger partial charge is 0.254 e. The molecule has 1 aliphatic rings. The molecule has 1 amide bonds. The number of carbonyl (C=O) groups excluding carboxylic acids is 1. The fraction of sp³-hybridized carbons (Fsp3) is 0.462. The van der Waals surface area contributed by atoms with Crippen LogP contribution in [0.2, 0.25) is 0 Å². The molecule has 86 valence electrons. The molecule has 0 N–H and O–H groups in total. The molecule has 1 heterocycles. The van der Waals surface area contributed by atoms with Crippen LogP contribution in [0.1, 0.15) is 27.9 Å². The van der Waals surface area contributed by atoms with Gasteiger partial charge in [-0.3, -0.25) is 4.79 Å². The van der Waals surface area contributed by atoms with Crippen LogP contribution in [0, 0.1) is 0 Å². The molecule has 3 nitrogen and oxygen atoms in total. The molecule has 1 aromatic carbocycles. The quantitative estimate of drug-likeness (QED) is 0.723. The van der Waals surface area contributed by atoms with Crippen LogP contribution < -0.4 is 0 Å². The Labute approximate surface area is 96.0 Å². The van der Waals surface area contributed by atoms with E-state index in [0.717, 1.165) is 37.1 Å². The van der Waals surface area contributed by atoms with E-state index in [0.29, 0.717) is 0 Å². The predicted octanol–water partition coefficient (Wildman–Crippen LogP) is 1.85. The predicted molar refractivity (Wildman–Crippen MR) is 62.4 cm³/mol. The summed E-state index contributed by atoms with van der Waals surface area (Å²) in [5.74, 6) is 0.137. The third-order valence-electron chi connectivity index (χ3n) is 2.97. The number of fused-ring (bicyclic) bond motifs is 1. The van der Waals surface area contributed by atoms with Crippen LogP contribution in [0.15, 0.2) is 18.2 Å². The van der Waals surface area contributed by atoms with Crippen molar-refractivity contribution in [1.82, 2.24) is 4.90 Å². The maximum atomic E-state index is 11.7. The Hall–Kier alpha value is -1.35. The first kappa shape index (κ1) is 11.1. The van der Waals surface area contributed by atoms with Crippen LogP contribution in [0.4, 0.5) is 0 Å². The summed E-state index contributed by atoms with van der Waals surface area (Å²) in [7, 11) is 3.56. The average Bonchev–Trinajstić information content (AvgIpc) is 2.55. The SMILES string of the molecule is COCCCc1ccc2c(c1)CN(C)C2=O. The van der Waals surface area contributed by atoms with E-state index in [-0.39, 0.29) is 5.91 Å². The first-order valence-electron chi connectivity index (χ1n) is 5.58. The van der Waals surface area contributed by atoms with Gasteiger partial charge in [0, 0.05) is 32.9 Å². The van der Waals surface area contributed by atoms with Crippen molar-refractivity contribution in [2.45, 2.75) is 19.4 Å². The summed E-state index contributed by atoms with van der Waals surface area (Å²) < 4.78 is 5.03. The number of hydrogen-bond acceptors (Lipinski definition) is 2. The Morgan fingerprint density at radius 1 is 1.44 bits per heavy atom. The van der Waals surface area contributed by atoms with Gasteiger partial charge in [0.2, 0.25) is 0 Å². The number of hydrogen-bond donors (Lipinski definition) is 0. The zero-order chi connectivity index (χ0) is 11.5. The Morgan fingerprint density at radius 3 is 3.00 bits per heavy atom. The third kappa shape index (κ3) is 2.09. The topological polar surface area (TPSA) is 29.5 Å².